The highest BCUT2D eigenvalue weighted by Crippen LogP contribution is 2.17. The Hall–Kier alpha value is -1.53. The molecule has 1 aliphatic heterocycles. The molecule has 1 heterocycles. The number of carbonyl (C=O) groups is 2. The number of carbonyl (C=O) groups excluding carboxylic acids is 2. The van der Waals surface area contributed by atoms with Gasteiger partial charge in [0.1, 0.15) is 11.1 Å². The van der Waals surface area contributed by atoms with Crippen molar-refractivity contribution in [2.45, 2.75) is 11.9 Å². The normalized spacial score (nSPS) is 19.2. The van der Waals surface area contributed by atoms with Crippen molar-refractivity contribution in [3.8, 4) is 5.75 Å². The average molecular weight is 252 g/mol. The summed E-state index contributed by atoms with van der Waals surface area (Å²) in [7, 11) is 1.61. The average Bonchev–Trinajstić information content (AvgIpc) is 2.66. The zero-order valence-electron chi connectivity index (χ0n) is 9.23. The van der Waals surface area contributed by atoms with Crippen LogP contribution in [0.5, 0.6) is 5.75 Å². The van der Waals surface area contributed by atoms with E-state index in [1.807, 2.05) is 24.3 Å². The summed E-state index contributed by atoms with van der Waals surface area (Å²) < 4.78 is 5.04. The Bertz CT molecular complexity index is 433. The summed E-state index contributed by atoms with van der Waals surface area (Å²) >= 11 is 0.965. The molecule has 2 rings (SSSR count). The second-order valence-electron chi connectivity index (χ2n) is 3.50. The molecule has 0 spiro atoms. The Kier molecular flexibility index (Phi) is 3.65. The van der Waals surface area contributed by atoms with Crippen LogP contribution in [0.1, 0.15) is 5.56 Å². The van der Waals surface area contributed by atoms with Crippen molar-refractivity contribution in [3.05, 3.63) is 29.8 Å². The van der Waals surface area contributed by atoms with Gasteiger partial charge in [-0.3, -0.25) is 20.2 Å². The lowest BCUT2D eigenvalue weighted by molar-refractivity contribution is -0.119. The van der Waals surface area contributed by atoms with E-state index in [1.54, 1.807) is 7.11 Å². The maximum Gasteiger partial charge on any atom is 0.287 e. The number of amides is 2. The van der Waals surface area contributed by atoms with Gasteiger partial charge in [-0.25, -0.2) is 0 Å². The fraction of sp³-hybridized carbons (Fsp3) is 0.273. The number of nitrogens with one attached hydrogen (secondary N) is 2. The van der Waals surface area contributed by atoms with Crippen molar-refractivity contribution in [3.63, 3.8) is 0 Å². The topological polar surface area (TPSA) is 67.4 Å². The molecule has 1 aliphatic rings. The summed E-state index contributed by atoms with van der Waals surface area (Å²) in [6.45, 7) is 0.530. The Morgan fingerprint density at radius 3 is 2.59 bits per heavy atom. The van der Waals surface area contributed by atoms with Crippen LogP contribution >= 0.6 is 11.8 Å². The fourth-order valence-electron chi connectivity index (χ4n) is 1.44. The number of hydrogen-bond acceptors (Lipinski definition) is 5. The molecule has 0 aromatic heterocycles. The third-order valence-electron chi connectivity index (χ3n) is 2.34. The van der Waals surface area contributed by atoms with Gasteiger partial charge in [-0.15, -0.1) is 0 Å². The summed E-state index contributed by atoms with van der Waals surface area (Å²) in [5, 5.41) is 4.43. The molecule has 2 N–H and O–H groups in total. The lowest BCUT2D eigenvalue weighted by Gasteiger charge is -2.08. The molecule has 0 saturated carbocycles. The number of benzene rings is 1. The highest BCUT2D eigenvalue weighted by atomic mass is 32.2. The predicted octanol–water partition coefficient (Wildman–Crippen LogP) is 1.09. The monoisotopic (exact) mass is 252 g/mol. The first-order valence-corrected chi connectivity index (χ1v) is 5.95. The van der Waals surface area contributed by atoms with Crippen molar-refractivity contribution in [1.82, 2.24) is 10.6 Å². The fourth-order valence-corrected chi connectivity index (χ4v) is 2.15. The van der Waals surface area contributed by atoms with E-state index in [-0.39, 0.29) is 11.1 Å². The molecular formula is C11H12N2O3S. The molecule has 0 radical (unpaired) electrons. The second kappa shape index (κ2) is 5.20. The largest absolute Gasteiger partial charge is 0.497 e. The molecule has 1 fully saturated rings. The summed E-state index contributed by atoms with van der Waals surface area (Å²) in [5.74, 6) is 0.505. The summed E-state index contributed by atoms with van der Waals surface area (Å²) in [4.78, 5) is 22.2. The molecule has 0 bridgehead atoms. The van der Waals surface area contributed by atoms with E-state index in [0.29, 0.717) is 6.54 Å². The second-order valence-corrected chi connectivity index (χ2v) is 4.58. The van der Waals surface area contributed by atoms with E-state index >= 15 is 0 Å². The highest BCUT2D eigenvalue weighted by molar-refractivity contribution is 8.15. The SMILES string of the molecule is COc1ccc(CNC2SC(=O)NC2=O)cc1. The van der Waals surface area contributed by atoms with Gasteiger partial charge in [-0.2, -0.15) is 0 Å². The molecule has 17 heavy (non-hydrogen) atoms. The molecule has 2 amide bonds. The van der Waals surface area contributed by atoms with Crippen LogP contribution < -0.4 is 15.4 Å². The quantitative estimate of drug-likeness (QED) is 0.839. The highest BCUT2D eigenvalue weighted by Gasteiger charge is 2.30. The van der Waals surface area contributed by atoms with Crippen LogP contribution in [0.2, 0.25) is 0 Å². The van der Waals surface area contributed by atoms with Gasteiger partial charge in [0, 0.05) is 6.54 Å². The van der Waals surface area contributed by atoms with Crippen molar-refractivity contribution in [1.29, 1.82) is 0 Å². The third kappa shape index (κ3) is 2.98. The summed E-state index contributed by atoms with van der Waals surface area (Å²) in [6.07, 6.45) is 0. The molecule has 1 saturated heterocycles. The molecule has 1 aromatic rings. The first kappa shape index (κ1) is 11.9. The minimum Gasteiger partial charge on any atom is -0.497 e. The Labute approximate surface area is 103 Å². The van der Waals surface area contributed by atoms with Crippen LogP contribution in [0.15, 0.2) is 24.3 Å². The first-order valence-electron chi connectivity index (χ1n) is 5.07. The predicted molar refractivity (Wildman–Crippen MR) is 64.8 cm³/mol. The van der Waals surface area contributed by atoms with Crippen LogP contribution in [0.4, 0.5) is 4.79 Å². The maximum absolute atomic E-state index is 11.3. The van der Waals surface area contributed by atoms with Gasteiger partial charge in [0.05, 0.1) is 7.11 Å². The minimum absolute atomic E-state index is 0.284. The van der Waals surface area contributed by atoms with Gasteiger partial charge >= 0.3 is 0 Å². The number of hydrogen-bond donors (Lipinski definition) is 2. The Morgan fingerprint density at radius 1 is 1.35 bits per heavy atom. The van der Waals surface area contributed by atoms with Gasteiger partial charge in [0.25, 0.3) is 11.1 Å². The van der Waals surface area contributed by atoms with Gasteiger partial charge < -0.3 is 4.74 Å². The van der Waals surface area contributed by atoms with Gasteiger partial charge in [-0.05, 0) is 29.5 Å². The molecule has 1 unspecified atom stereocenters. The van der Waals surface area contributed by atoms with E-state index < -0.39 is 5.37 Å². The van der Waals surface area contributed by atoms with Crippen molar-refractivity contribution >= 4 is 22.9 Å². The Morgan fingerprint density at radius 2 is 2.06 bits per heavy atom. The van der Waals surface area contributed by atoms with Crippen molar-refractivity contribution < 1.29 is 14.3 Å². The van der Waals surface area contributed by atoms with E-state index in [1.165, 1.54) is 0 Å². The standard InChI is InChI=1S/C11H12N2O3S/c1-16-8-4-2-7(3-5-8)6-12-10-9(14)13-11(15)17-10/h2-5,10,12H,6H2,1H3,(H,13,14,15). The van der Waals surface area contributed by atoms with Crippen LogP contribution in [0.3, 0.4) is 0 Å². The van der Waals surface area contributed by atoms with E-state index in [9.17, 15) is 9.59 Å². The van der Waals surface area contributed by atoms with Crippen LogP contribution in [-0.4, -0.2) is 23.6 Å². The number of thioether (sulfide) groups is 1. The molecule has 1 aromatic carbocycles. The lowest BCUT2D eigenvalue weighted by Crippen LogP contribution is -2.34. The van der Waals surface area contributed by atoms with Crippen LogP contribution in [0, 0.1) is 0 Å². The van der Waals surface area contributed by atoms with E-state index in [0.717, 1.165) is 23.1 Å². The first-order chi connectivity index (χ1) is 8.19. The van der Waals surface area contributed by atoms with Crippen molar-refractivity contribution in [2.75, 3.05) is 7.11 Å². The molecule has 1 atom stereocenters. The zero-order chi connectivity index (χ0) is 12.3. The number of imide groups is 1. The van der Waals surface area contributed by atoms with Gasteiger partial charge in [0.15, 0.2) is 0 Å². The summed E-state index contributed by atoms with van der Waals surface area (Å²) in [6, 6.07) is 7.52. The van der Waals surface area contributed by atoms with Gasteiger partial charge in [0.2, 0.25) is 0 Å². The van der Waals surface area contributed by atoms with E-state index in [4.69, 9.17) is 4.74 Å². The maximum atomic E-state index is 11.3. The van der Waals surface area contributed by atoms with E-state index in [2.05, 4.69) is 10.6 Å². The number of ether oxygens (including phenoxy) is 1. The number of rotatable bonds is 4. The Balaban J connectivity index is 1.89. The minimum atomic E-state index is -0.496. The van der Waals surface area contributed by atoms with Gasteiger partial charge in [-0.1, -0.05) is 12.1 Å². The van der Waals surface area contributed by atoms with Crippen LogP contribution in [0.25, 0.3) is 0 Å². The molecule has 0 aliphatic carbocycles. The zero-order valence-corrected chi connectivity index (χ0v) is 10.0. The van der Waals surface area contributed by atoms with Crippen LogP contribution in [-0.2, 0) is 11.3 Å². The lowest BCUT2D eigenvalue weighted by atomic mass is 10.2. The molecule has 6 heteroatoms. The third-order valence-corrected chi connectivity index (χ3v) is 3.27. The molecule has 5 nitrogen and oxygen atoms in total. The summed E-state index contributed by atoms with van der Waals surface area (Å²) in [5.41, 5.74) is 1.03. The smallest absolute Gasteiger partial charge is 0.287 e. The number of methoxy groups -OCH3 is 1. The molecule has 90 valence electrons. The molecular weight excluding hydrogens is 240 g/mol. The van der Waals surface area contributed by atoms with Crippen molar-refractivity contribution in [2.24, 2.45) is 0 Å².